The van der Waals surface area contributed by atoms with Gasteiger partial charge in [0.2, 0.25) is 0 Å². The van der Waals surface area contributed by atoms with Crippen molar-refractivity contribution in [2.75, 3.05) is 39.2 Å². The molecule has 28 heteroatoms. The first-order valence-electron chi connectivity index (χ1n) is 32.6. The van der Waals surface area contributed by atoms with Gasteiger partial charge in [0, 0.05) is 118 Å². The molecule has 0 amide bonds. The average molecular weight is 1890 g/mol. The summed E-state index contributed by atoms with van der Waals surface area (Å²) >= 11 is 3.50. The van der Waals surface area contributed by atoms with Crippen LogP contribution in [0.1, 0.15) is 11.1 Å². The molecule has 4 aromatic heterocycles. The van der Waals surface area contributed by atoms with E-state index in [9.17, 15) is 26.3 Å². The second-order valence-corrected chi connectivity index (χ2v) is 24.0. The molecule has 0 fully saturated rings. The van der Waals surface area contributed by atoms with E-state index in [1.807, 2.05) is 249 Å². The Hall–Kier alpha value is -11.7. The maximum atomic E-state index is 13.5. The molecule has 0 saturated heterocycles. The molecule has 0 aliphatic carbocycles. The Kier molecular flexibility index (Phi) is 27.1. The van der Waals surface area contributed by atoms with Gasteiger partial charge in [-0.25, -0.2) is 39.9 Å². The van der Waals surface area contributed by atoms with Gasteiger partial charge in [-0.05, 0) is 60.2 Å². The van der Waals surface area contributed by atoms with Crippen LogP contribution in [0, 0.1) is 50.9 Å². The van der Waals surface area contributed by atoms with E-state index in [-0.39, 0.29) is 62.2 Å². The minimum absolute atomic E-state index is 0. The second kappa shape index (κ2) is 36.9. The zero-order valence-electron chi connectivity index (χ0n) is 57.2. The zero-order valence-corrected chi connectivity index (χ0v) is 63.6. The first-order valence-corrected chi connectivity index (χ1v) is 33.4. The van der Waals surface area contributed by atoms with Crippen molar-refractivity contribution in [3.05, 3.63) is 371 Å². The Balaban J connectivity index is 0.000000149. The summed E-state index contributed by atoms with van der Waals surface area (Å²) in [7, 11) is 5.09. The third-order valence-electron chi connectivity index (χ3n) is 16.3. The number of anilines is 16. The molecule has 556 valence electrons. The Labute approximate surface area is 667 Å². The predicted octanol–water partition coefficient (Wildman–Crippen LogP) is 18.0. The van der Waals surface area contributed by atoms with Gasteiger partial charge in [-0.1, -0.05) is 141 Å². The number of hydrogen-bond acceptors (Lipinski definition) is 16. The maximum Gasteiger partial charge on any atom is 0.416 e. The van der Waals surface area contributed by atoms with Crippen LogP contribution >= 0.6 is 15.9 Å². The van der Waals surface area contributed by atoms with Gasteiger partial charge in [0.05, 0.1) is 5.56 Å². The summed E-state index contributed by atoms with van der Waals surface area (Å²) in [4.78, 5) is 51.4. The molecule has 10 aromatic carbocycles. The predicted molar refractivity (Wildman–Crippen MR) is 412 cm³/mol. The molecule has 4 aliphatic heterocycles. The van der Waals surface area contributed by atoms with Crippen molar-refractivity contribution < 1.29 is 77.5 Å². The largest absolute Gasteiger partial charge is 0.477 e. The molecule has 4 aliphatic rings. The Bertz CT molecular complexity index is 5010. The number of para-hydroxylation sites is 6. The Morgan fingerprint density at radius 2 is 0.582 bits per heavy atom. The van der Waals surface area contributed by atoms with Crippen molar-refractivity contribution >= 4 is 121 Å². The molecular weight excluding hydrogens is 1830 g/mol. The van der Waals surface area contributed by atoms with Gasteiger partial charge < -0.3 is 50.2 Å². The monoisotopic (exact) mass is 1890 g/mol. The molecule has 18 nitrogen and oxygen atoms in total. The molecule has 14 aromatic rings. The van der Waals surface area contributed by atoms with Crippen LogP contribution in [0.3, 0.4) is 0 Å². The first-order chi connectivity index (χ1) is 51.7. The van der Waals surface area contributed by atoms with Crippen molar-refractivity contribution in [1.29, 1.82) is 0 Å². The number of aromatic nitrogens is 8. The molecule has 0 saturated carbocycles. The van der Waals surface area contributed by atoms with Gasteiger partial charge >= 0.3 is 12.4 Å². The Morgan fingerprint density at radius 1 is 0.300 bits per heavy atom. The normalized spacial score (nSPS) is 12.7. The van der Waals surface area contributed by atoms with Gasteiger partial charge in [0.25, 0.3) is 0 Å². The smallest absolute Gasteiger partial charge is 0.416 e. The number of fused-ring (bicyclic) bond motifs is 4. The van der Waals surface area contributed by atoms with Crippen molar-refractivity contribution in [3.63, 3.8) is 0 Å². The van der Waals surface area contributed by atoms with Crippen LogP contribution in [0.4, 0.5) is 118 Å². The molecule has 4 radical (unpaired) electrons. The van der Waals surface area contributed by atoms with Gasteiger partial charge in [-0.3, -0.25) is 0 Å². The second-order valence-electron chi connectivity index (χ2n) is 23.1. The molecular formula is C82H58BBrF6Ir2N16O2-8. The molecule has 4 N–H and O–H groups in total. The minimum Gasteiger partial charge on any atom is -0.477 e. The zero-order chi connectivity index (χ0) is 73.0. The number of hydrogen-bond donors (Lipinski definition) is 0. The fourth-order valence-electron chi connectivity index (χ4n) is 11.5. The summed E-state index contributed by atoms with van der Waals surface area (Å²) in [6, 6.07) is 89.7. The van der Waals surface area contributed by atoms with Gasteiger partial charge in [0.15, 0.2) is 0 Å². The quantitative estimate of drug-likeness (QED) is 0.0752. The molecule has 8 heterocycles. The standard InChI is InChI=1S/C24H15F3N4.C17H11BrN4.2C17H12N4.C7H4BF3.2Ir.2H2O/c25-24(26,27)21-12-5-4-11-20(21)17-7-6-10-19(15-17)31-16-30(18-8-2-1-3-9-18)22-23(31)29-14-13-28-22;18-13-5-4-8-15(11-13)22-12-21(14-6-2-1-3-7-14)16-17(22)20-10-9-19-16;2*1-3-7-14(8-4-1)20-13-21(15-9-5-2-6-10-15)17-16(20)18-11-12-19-17;8-6-4-2-1-3-5(6)7(9,10)11;;;;/h1-9,11-16H;1-7,9-12H;2*1-9,11-13H;1-4H;;;2*1H2/q4*-2;;;;;. The molecule has 0 atom stereocenters. The van der Waals surface area contributed by atoms with Crippen molar-refractivity contribution in [3.8, 4) is 11.1 Å². The van der Waals surface area contributed by atoms with Crippen LogP contribution in [0.5, 0.6) is 0 Å². The van der Waals surface area contributed by atoms with Crippen molar-refractivity contribution in [1.82, 2.24) is 39.9 Å². The maximum absolute atomic E-state index is 13.5. The third kappa shape index (κ3) is 18.3. The summed E-state index contributed by atoms with van der Waals surface area (Å²) in [5, 5.41) is 0. The molecule has 0 unspecified atom stereocenters. The molecule has 110 heavy (non-hydrogen) atoms. The van der Waals surface area contributed by atoms with Crippen LogP contribution in [0.25, 0.3) is 11.1 Å². The van der Waals surface area contributed by atoms with Gasteiger partial charge in [-0.15, -0.1) is 67.1 Å². The molecule has 0 bridgehead atoms. The number of nitrogens with zero attached hydrogens (tertiary/aromatic N) is 16. The van der Waals surface area contributed by atoms with Gasteiger partial charge in [0.1, 0.15) is 54.4 Å². The van der Waals surface area contributed by atoms with Crippen LogP contribution in [-0.2, 0) is 52.6 Å². The summed E-state index contributed by atoms with van der Waals surface area (Å²) in [6.45, 7) is 7.78. The van der Waals surface area contributed by atoms with E-state index in [1.165, 1.54) is 30.3 Å². The Morgan fingerprint density at radius 3 is 0.900 bits per heavy atom. The van der Waals surface area contributed by atoms with E-state index in [1.54, 1.807) is 78.7 Å². The number of benzene rings is 10. The van der Waals surface area contributed by atoms with Crippen molar-refractivity contribution in [2.45, 2.75) is 12.4 Å². The SMILES string of the molecule is Brc1cc[c-]c(N2[CH-]N(c3ccccc3)c3nccnc32)c1.FC(F)(F)c1ccccc1-c1cc[c-]c(N2[CH-]N(c3ccccc3)c3nccnc32)c1.O.O.[B]c1ccccc1C(F)(F)F.[Ir].[Ir].[c-]1ccccc1N1[CH-]N(c2ccccc2)c2nccnc21.[c-]1ccccc1N1[CH-]N(c2ccccc2)c2nccnc21. The summed E-state index contributed by atoms with van der Waals surface area (Å²) in [6.07, 6.45) is 4.63. The van der Waals surface area contributed by atoms with Crippen LogP contribution in [-0.4, -0.2) is 58.7 Å². The average Bonchev–Trinajstić information content (AvgIpc) is 1.63. The fraction of sp³-hybridized carbons (Fsp3) is 0.0244. The third-order valence-corrected chi connectivity index (χ3v) is 16.8. The number of rotatable bonds is 9. The van der Waals surface area contributed by atoms with E-state index in [2.05, 4.69) is 80.1 Å². The van der Waals surface area contributed by atoms with E-state index < -0.39 is 23.5 Å². The number of alkyl halides is 6. The minimum atomic E-state index is -4.45. The van der Waals surface area contributed by atoms with Crippen LogP contribution < -0.4 is 44.7 Å². The van der Waals surface area contributed by atoms with Crippen LogP contribution in [0.2, 0.25) is 0 Å². The number of halogens is 7. The van der Waals surface area contributed by atoms with Gasteiger partial charge in [-0.2, -0.15) is 123 Å². The van der Waals surface area contributed by atoms with Crippen LogP contribution in [0.15, 0.2) is 309 Å². The molecule has 18 rings (SSSR count). The first kappa shape index (κ1) is 80.8. The van der Waals surface area contributed by atoms with E-state index in [4.69, 9.17) is 7.85 Å². The summed E-state index contributed by atoms with van der Waals surface area (Å²) < 4.78 is 77.5. The summed E-state index contributed by atoms with van der Waals surface area (Å²) in [5.74, 6) is 6.06. The molecule has 0 spiro atoms. The van der Waals surface area contributed by atoms with E-state index in [0.29, 0.717) is 22.9 Å². The summed E-state index contributed by atoms with van der Waals surface area (Å²) in [5.41, 5.74) is 6.27. The van der Waals surface area contributed by atoms with Crippen molar-refractivity contribution in [2.24, 2.45) is 0 Å². The van der Waals surface area contributed by atoms with E-state index in [0.717, 1.165) is 91.3 Å². The fourth-order valence-corrected chi connectivity index (χ4v) is 11.8. The topological polar surface area (TPSA) is 192 Å². The van der Waals surface area contributed by atoms with E-state index >= 15 is 0 Å².